The van der Waals surface area contributed by atoms with E-state index in [0.717, 1.165) is 30.6 Å². The number of hydrogen-bond donors (Lipinski definition) is 1. The third kappa shape index (κ3) is 4.66. The summed E-state index contributed by atoms with van der Waals surface area (Å²) in [5.74, 6) is 0. The van der Waals surface area contributed by atoms with E-state index in [1.807, 2.05) is 42.5 Å². The Balaban J connectivity index is 1.83. The number of rotatable bonds is 8. The SMILES string of the molecule is CCN(CC)C(CNS(=O)(=O)C1=Cc2ccccc2CC1)c1ccccc1Cl. The summed E-state index contributed by atoms with van der Waals surface area (Å²) in [6, 6.07) is 15.5. The predicted octanol–water partition coefficient (Wildman–Crippen LogP) is 4.63. The van der Waals surface area contributed by atoms with Crippen LogP contribution in [0.15, 0.2) is 53.4 Å². The Morgan fingerprint density at radius 1 is 1.04 bits per heavy atom. The van der Waals surface area contributed by atoms with Gasteiger partial charge in [-0.2, -0.15) is 0 Å². The molecule has 1 N–H and O–H groups in total. The van der Waals surface area contributed by atoms with E-state index in [1.165, 1.54) is 5.56 Å². The zero-order valence-electron chi connectivity index (χ0n) is 16.4. The molecule has 0 aromatic heterocycles. The van der Waals surface area contributed by atoms with E-state index >= 15 is 0 Å². The Morgan fingerprint density at radius 3 is 2.43 bits per heavy atom. The van der Waals surface area contributed by atoms with E-state index < -0.39 is 10.0 Å². The van der Waals surface area contributed by atoms with Crippen molar-refractivity contribution in [3.05, 3.63) is 75.1 Å². The van der Waals surface area contributed by atoms with E-state index in [0.29, 0.717) is 16.3 Å². The highest BCUT2D eigenvalue weighted by Crippen LogP contribution is 2.29. The molecule has 1 aliphatic rings. The van der Waals surface area contributed by atoms with Crippen LogP contribution in [0.5, 0.6) is 0 Å². The monoisotopic (exact) mass is 418 g/mol. The van der Waals surface area contributed by atoms with E-state index in [9.17, 15) is 8.42 Å². The number of benzene rings is 2. The van der Waals surface area contributed by atoms with Gasteiger partial charge in [-0.1, -0.05) is 67.9 Å². The minimum Gasteiger partial charge on any atom is -0.296 e. The van der Waals surface area contributed by atoms with Crippen LogP contribution >= 0.6 is 11.6 Å². The summed E-state index contributed by atoms with van der Waals surface area (Å²) < 4.78 is 28.8. The average Bonchev–Trinajstić information content (AvgIpc) is 2.71. The Hall–Kier alpha value is -1.66. The number of aryl methyl sites for hydroxylation is 1. The second kappa shape index (κ2) is 9.23. The highest BCUT2D eigenvalue weighted by atomic mass is 35.5. The quantitative estimate of drug-likeness (QED) is 0.679. The number of halogens is 1. The number of sulfonamides is 1. The summed E-state index contributed by atoms with van der Waals surface area (Å²) in [6.45, 7) is 6.05. The number of allylic oxidation sites excluding steroid dienone is 1. The average molecular weight is 419 g/mol. The van der Waals surface area contributed by atoms with Crippen LogP contribution < -0.4 is 4.72 Å². The molecule has 1 unspecified atom stereocenters. The number of nitrogens with zero attached hydrogens (tertiary/aromatic N) is 1. The molecule has 0 aliphatic heterocycles. The van der Waals surface area contributed by atoms with Crippen LogP contribution in [0.1, 0.15) is 43.0 Å². The highest BCUT2D eigenvalue weighted by molar-refractivity contribution is 7.93. The molecule has 150 valence electrons. The van der Waals surface area contributed by atoms with Crippen LogP contribution in [0.3, 0.4) is 0 Å². The Kier molecular flexibility index (Phi) is 6.94. The standard InChI is InChI=1S/C22H27ClN2O2S/c1-3-25(4-2)22(20-11-7-8-12-21(20)23)16-24-28(26,27)19-14-13-17-9-5-6-10-18(17)15-19/h5-12,15,22,24H,3-4,13-14,16H2,1-2H3. The van der Waals surface area contributed by atoms with Crippen molar-refractivity contribution in [2.24, 2.45) is 0 Å². The molecule has 2 aromatic rings. The lowest BCUT2D eigenvalue weighted by Crippen LogP contribution is -2.38. The highest BCUT2D eigenvalue weighted by Gasteiger charge is 2.26. The molecule has 0 saturated heterocycles. The Bertz CT molecular complexity index is 953. The molecule has 0 spiro atoms. The molecule has 4 nitrogen and oxygen atoms in total. The van der Waals surface area contributed by atoms with Crippen molar-refractivity contribution in [3.8, 4) is 0 Å². The van der Waals surface area contributed by atoms with Gasteiger partial charge in [-0.25, -0.2) is 13.1 Å². The van der Waals surface area contributed by atoms with Crippen molar-refractivity contribution in [2.45, 2.75) is 32.7 Å². The van der Waals surface area contributed by atoms with Gasteiger partial charge in [0.05, 0.1) is 4.91 Å². The van der Waals surface area contributed by atoms with E-state index in [-0.39, 0.29) is 12.6 Å². The first kappa shape index (κ1) is 21.1. The molecule has 0 amide bonds. The number of hydrogen-bond acceptors (Lipinski definition) is 3. The van der Waals surface area contributed by atoms with Crippen LogP contribution in [-0.2, 0) is 16.4 Å². The van der Waals surface area contributed by atoms with E-state index in [4.69, 9.17) is 11.6 Å². The van der Waals surface area contributed by atoms with Gasteiger partial charge in [0.15, 0.2) is 0 Å². The van der Waals surface area contributed by atoms with E-state index in [2.05, 4.69) is 29.5 Å². The predicted molar refractivity (Wildman–Crippen MR) is 117 cm³/mol. The molecule has 1 atom stereocenters. The fourth-order valence-electron chi connectivity index (χ4n) is 3.74. The lowest BCUT2D eigenvalue weighted by Gasteiger charge is -2.31. The molecule has 0 heterocycles. The van der Waals surface area contributed by atoms with Gasteiger partial charge in [0.1, 0.15) is 0 Å². The summed E-state index contributed by atoms with van der Waals surface area (Å²) >= 11 is 6.42. The number of fused-ring (bicyclic) bond motifs is 1. The summed E-state index contributed by atoms with van der Waals surface area (Å²) in [7, 11) is -3.55. The maximum atomic E-state index is 13.0. The van der Waals surface area contributed by atoms with Gasteiger partial charge in [0.25, 0.3) is 0 Å². The Labute approximate surface area is 173 Å². The topological polar surface area (TPSA) is 49.4 Å². The van der Waals surface area contributed by atoms with Gasteiger partial charge in [0, 0.05) is 17.6 Å². The second-order valence-corrected chi connectivity index (χ2v) is 9.15. The molecule has 0 saturated carbocycles. The first-order chi connectivity index (χ1) is 13.5. The Morgan fingerprint density at radius 2 is 1.71 bits per heavy atom. The van der Waals surface area contributed by atoms with Crippen LogP contribution in [0, 0.1) is 0 Å². The fourth-order valence-corrected chi connectivity index (χ4v) is 5.22. The van der Waals surface area contributed by atoms with Gasteiger partial charge in [-0.3, -0.25) is 4.90 Å². The van der Waals surface area contributed by atoms with Crippen LogP contribution in [0.4, 0.5) is 0 Å². The van der Waals surface area contributed by atoms with Gasteiger partial charge in [-0.05, 0) is 54.8 Å². The van der Waals surface area contributed by atoms with Crippen molar-refractivity contribution in [3.63, 3.8) is 0 Å². The molecule has 3 rings (SSSR count). The third-order valence-corrected chi connectivity index (χ3v) is 7.24. The number of likely N-dealkylation sites (N-methyl/N-ethyl adjacent to an activating group) is 1. The second-order valence-electron chi connectivity index (χ2n) is 6.92. The summed E-state index contributed by atoms with van der Waals surface area (Å²) in [6.07, 6.45) is 3.06. The van der Waals surface area contributed by atoms with Gasteiger partial charge in [-0.15, -0.1) is 0 Å². The first-order valence-electron chi connectivity index (χ1n) is 9.73. The minimum absolute atomic E-state index is 0.116. The van der Waals surface area contributed by atoms with Gasteiger partial charge < -0.3 is 0 Å². The molecule has 0 radical (unpaired) electrons. The summed E-state index contributed by atoms with van der Waals surface area (Å²) in [5.41, 5.74) is 3.12. The van der Waals surface area contributed by atoms with Crippen molar-refractivity contribution < 1.29 is 8.42 Å². The van der Waals surface area contributed by atoms with Crippen LogP contribution in [-0.4, -0.2) is 33.0 Å². The van der Waals surface area contributed by atoms with Gasteiger partial charge >= 0.3 is 0 Å². The first-order valence-corrected chi connectivity index (χ1v) is 11.6. The molecule has 0 fully saturated rings. The molecular weight excluding hydrogens is 392 g/mol. The largest absolute Gasteiger partial charge is 0.296 e. The number of nitrogens with one attached hydrogen (secondary N) is 1. The maximum Gasteiger partial charge on any atom is 0.236 e. The third-order valence-electron chi connectivity index (χ3n) is 5.34. The smallest absolute Gasteiger partial charge is 0.236 e. The lowest BCUT2D eigenvalue weighted by molar-refractivity contribution is 0.220. The van der Waals surface area contributed by atoms with Crippen molar-refractivity contribution in [1.29, 1.82) is 0 Å². The normalized spacial score (nSPS) is 15.2. The molecule has 1 aliphatic carbocycles. The molecular formula is C22H27ClN2O2S. The van der Waals surface area contributed by atoms with Crippen molar-refractivity contribution in [1.82, 2.24) is 9.62 Å². The van der Waals surface area contributed by atoms with Crippen molar-refractivity contribution >= 4 is 27.7 Å². The lowest BCUT2D eigenvalue weighted by atomic mass is 9.98. The zero-order chi connectivity index (χ0) is 20.1. The summed E-state index contributed by atoms with van der Waals surface area (Å²) in [4.78, 5) is 2.66. The zero-order valence-corrected chi connectivity index (χ0v) is 17.9. The van der Waals surface area contributed by atoms with Crippen molar-refractivity contribution in [2.75, 3.05) is 19.6 Å². The summed E-state index contributed by atoms with van der Waals surface area (Å²) in [5, 5.41) is 0.657. The van der Waals surface area contributed by atoms with Crippen LogP contribution in [0.25, 0.3) is 6.08 Å². The van der Waals surface area contributed by atoms with E-state index in [1.54, 1.807) is 6.08 Å². The molecule has 0 bridgehead atoms. The van der Waals surface area contributed by atoms with Crippen LogP contribution in [0.2, 0.25) is 5.02 Å². The minimum atomic E-state index is -3.55. The molecule has 28 heavy (non-hydrogen) atoms. The molecule has 2 aromatic carbocycles. The fraction of sp³-hybridized carbons (Fsp3) is 0.364. The maximum absolute atomic E-state index is 13.0. The van der Waals surface area contributed by atoms with Gasteiger partial charge in [0.2, 0.25) is 10.0 Å². The molecule has 6 heteroatoms.